The third-order valence-corrected chi connectivity index (χ3v) is 4.79. The Morgan fingerprint density at radius 3 is 1.86 bits per heavy atom. The molecule has 0 saturated heterocycles. The molecule has 0 unspecified atom stereocenters. The second kappa shape index (κ2) is 25.1. The zero-order valence-corrected chi connectivity index (χ0v) is 21.7. The third kappa shape index (κ3) is 21.1. The number of ether oxygens (including phenoxy) is 3. The van der Waals surface area contributed by atoms with E-state index in [9.17, 15) is 4.79 Å². The van der Waals surface area contributed by atoms with Crippen molar-refractivity contribution in [2.75, 3.05) is 52.9 Å². The molecule has 0 radical (unpaired) electrons. The first-order chi connectivity index (χ1) is 17.1. The minimum atomic E-state index is -0.536. The maximum Gasteiger partial charge on any atom is 0.381 e. The molecule has 0 atom stereocenters. The largest absolute Gasteiger partial charge is 0.394 e. The number of benzene rings is 1. The summed E-state index contributed by atoms with van der Waals surface area (Å²) < 4.78 is 15.0. The highest BCUT2D eigenvalue weighted by Crippen LogP contribution is 2.21. The van der Waals surface area contributed by atoms with Gasteiger partial charge in [0.1, 0.15) is 0 Å². The van der Waals surface area contributed by atoms with Gasteiger partial charge in [0.15, 0.2) is 5.75 Å². The van der Waals surface area contributed by atoms with Crippen molar-refractivity contribution in [3.05, 3.63) is 42.0 Å². The zero-order valence-electron chi connectivity index (χ0n) is 21.7. The van der Waals surface area contributed by atoms with Crippen LogP contribution in [0.25, 0.3) is 0 Å². The molecule has 202 valence electrons. The van der Waals surface area contributed by atoms with Crippen molar-refractivity contribution in [2.24, 2.45) is 0 Å². The maximum absolute atomic E-state index is 11.4. The Bertz CT molecular complexity index is 625. The number of carbonyl (C=O) groups is 1. The van der Waals surface area contributed by atoms with Crippen LogP contribution in [0.3, 0.4) is 0 Å². The highest BCUT2D eigenvalue weighted by atomic mass is 17.2. The first-order valence-corrected chi connectivity index (χ1v) is 12.6. The number of para-hydroxylation sites is 1. The van der Waals surface area contributed by atoms with Crippen LogP contribution in [0.5, 0.6) is 5.75 Å². The normalized spacial score (nSPS) is 10.4. The fourth-order valence-electron chi connectivity index (χ4n) is 2.89. The molecular formula is C27H46O8. The van der Waals surface area contributed by atoms with Crippen LogP contribution in [-0.4, -0.2) is 69.0 Å². The maximum atomic E-state index is 11.4. The molecule has 0 aliphatic heterocycles. The summed E-state index contributed by atoms with van der Waals surface area (Å²) in [6.45, 7) is 10.1. The van der Waals surface area contributed by atoms with Gasteiger partial charge >= 0.3 is 5.97 Å². The standard InChI is InChI=1S/C19H28O3.C8H18O5/c1-4-5-6-7-8-9-10-13-17-14-11-12-15-18(17)21-22-19(20)16(2)3;9-1-3-11-5-7-13-8-6-12-4-2-10/h11-12,14-15H,2,4-10,13H2,1,3H3;9-10H,1-8H2. The second-order valence-corrected chi connectivity index (χ2v) is 8.00. The Kier molecular flexibility index (Phi) is 23.7. The summed E-state index contributed by atoms with van der Waals surface area (Å²) in [5, 5.41) is 16.7. The van der Waals surface area contributed by atoms with Crippen LogP contribution in [0.2, 0.25) is 0 Å². The Morgan fingerprint density at radius 1 is 0.800 bits per heavy atom. The number of aryl methyl sites for hydroxylation is 1. The van der Waals surface area contributed by atoms with Crippen LogP contribution in [0.15, 0.2) is 36.4 Å². The molecule has 8 nitrogen and oxygen atoms in total. The highest BCUT2D eigenvalue weighted by Gasteiger charge is 2.09. The number of rotatable bonds is 21. The van der Waals surface area contributed by atoms with E-state index in [-0.39, 0.29) is 13.2 Å². The Balaban J connectivity index is 0.000000761. The Hall–Kier alpha value is -1.97. The predicted molar refractivity (Wildman–Crippen MR) is 136 cm³/mol. The van der Waals surface area contributed by atoms with Gasteiger partial charge < -0.3 is 24.4 Å². The molecule has 0 saturated carbocycles. The van der Waals surface area contributed by atoms with Crippen molar-refractivity contribution >= 4 is 5.97 Å². The number of carbonyl (C=O) groups excluding carboxylic acids is 1. The minimum Gasteiger partial charge on any atom is -0.394 e. The van der Waals surface area contributed by atoms with E-state index in [0.29, 0.717) is 51.0 Å². The van der Waals surface area contributed by atoms with Gasteiger partial charge in [-0.2, -0.15) is 0 Å². The van der Waals surface area contributed by atoms with Gasteiger partial charge in [0.25, 0.3) is 0 Å². The van der Waals surface area contributed by atoms with Gasteiger partial charge in [-0.15, -0.1) is 0 Å². The number of unbranched alkanes of at least 4 members (excludes halogenated alkanes) is 6. The summed E-state index contributed by atoms with van der Waals surface area (Å²) in [6.07, 6.45) is 9.86. The molecule has 1 aromatic rings. The predicted octanol–water partition coefficient (Wildman–Crippen LogP) is 4.41. The summed E-state index contributed by atoms with van der Waals surface area (Å²) >= 11 is 0. The number of hydrogen-bond donors (Lipinski definition) is 2. The van der Waals surface area contributed by atoms with Crippen molar-refractivity contribution in [3.8, 4) is 5.75 Å². The van der Waals surface area contributed by atoms with E-state index in [1.54, 1.807) is 6.92 Å². The molecule has 0 aliphatic carbocycles. The summed E-state index contributed by atoms with van der Waals surface area (Å²) in [5.74, 6) is 0.0776. The molecule has 0 bridgehead atoms. The van der Waals surface area contributed by atoms with Crippen LogP contribution in [0.4, 0.5) is 0 Å². The van der Waals surface area contributed by atoms with E-state index in [1.165, 1.54) is 38.5 Å². The van der Waals surface area contributed by atoms with Crippen molar-refractivity contribution in [1.29, 1.82) is 0 Å². The van der Waals surface area contributed by atoms with Gasteiger partial charge in [-0.25, -0.2) is 9.68 Å². The third-order valence-electron chi connectivity index (χ3n) is 4.79. The van der Waals surface area contributed by atoms with Gasteiger partial charge in [-0.1, -0.05) is 70.2 Å². The number of hydrogen-bond acceptors (Lipinski definition) is 8. The molecule has 35 heavy (non-hydrogen) atoms. The molecule has 0 aliphatic rings. The summed E-state index contributed by atoms with van der Waals surface area (Å²) in [4.78, 5) is 21.3. The number of aliphatic hydroxyl groups excluding tert-OH is 2. The molecular weight excluding hydrogens is 452 g/mol. The van der Waals surface area contributed by atoms with Crippen molar-refractivity contribution in [1.82, 2.24) is 0 Å². The monoisotopic (exact) mass is 498 g/mol. The molecule has 2 N–H and O–H groups in total. The van der Waals surface area contributed by atoms with Crippen LogP contribution < -0.4 is 4.89 Å². The lowest BCUT2D eigenvalue weighted by atomic mass is 10.0. The Labute approximate surface area is 211 Å². The van der Waals surface area contributed by atoms with E-state index < -0.39 is 5.97 Å². The highest BCUT2D eigenvalue weighted by molar-refractivity contribution is 5.86. The van der Waals surface area contributed by atoms with Crippen molar-refractivity contribution in [2.45, 2.75) is 65.2 Å². The molecule has 1 rings (SSSR count). The number of aliphatic hydroxyl groups is 2. The summed E-state index contributed by atoms with van der Waals surface area (Å²) in [6, 6.07) is 7.69. The molecule has 1 aromatic carbocycles. The molecule has 0 spiro atoms. The molecule has 0 heterocycles. The zero-order chi connectivity index (χ0) is 26.0. The molecule has 8 heteroatoms. The molecule has 0 aromatic heterocycles. The Morgan fingerprint density at radius 2 is 1.31 bits per heavy atom. The van der Waals surface area contributed by atoms with Crippen LogP contribution in [0, 0.1) is 0 Å². The van der Waals surface area contributed by atoms with Gasteiger partial charge in [0.2, 0.25) is 0 Å². The first kappa shape index (κ1) is 33.0. The van der Waals surface area contributed by atoms with Crippen LogP contribution in [-0.2, 0) is 30.3 Å². The summed E-state index contributed by atoms with van der Waals surface area (Å²) in [7, 11) is 0. The average molecular weight is 499 g/mol. The van der Waals surface area contributed by atoms with E-state index in [4.69, 9.17) is 34.2 Å². The smallest absolute Gasteiger partial charge is 0.381 e. The lowest BCUT2D eigenvalue weighted by Gasteiger charge is -2.09. The summed E-state index contributed by atoms with van der Waals surface area (Å²) in [5.41, 5.74) is 1.40. The van der Waals surface area contributed by atoms with E-state index in [0.717, 1.165) is 18.4 Å². The minimum absolute atomic E-state index is 0.0413. The fourth-order valence-corrected chi connectivity index (χ4v) is 2.89. The lowest BCUT2D eigenvalue weighted by molar-refractivity contribution is -0.208. The van der Waals surface area contributed by atoms with Crippen molar-refractivity contribution < 1.29 is 39.0 Å². The molecule has 0 amide bonds. The quantitative estimate of drug-likeness (QED) is 0.111. The molecule has 0 fully saturated rings. The van der Waals surface area contributed by atoms with Crippen LogP contribution in [0.1, 0.15) is 64.4 Å². The van der Waals surface area contributed by atoms with Gasteiger partial charge in [-0.3, -0.25) is 4.89 Å². The second-order valence-electron chi connectivity index (χ2n) is 8.00. The van der Waals surface area contributed by atoms with E-state index >= 15 is 0 Å². The van der Waals surface area contributed by atoms with E-state index in [2.05, 4.69) is 13.5 Å². The average Bonchev–Trinajstić information content (AvgIpc) is 2.86. The topological polar surface area (TPSA) is 104 Å². The van der Waals surface area contributed by atoms with Crippen molar-refractivity contribution in [3.63, 3.8) is 0 Å². The van der Waals surface area contributed by atoms with E-state index in [1.807, 2.05) is 24.3 Å². The first-order valence-electron chi connectivity index (χ1n) is 12.6. The fraction of sp³-hybridized carbons (Fsp3) is 0.667. The SMILES string of the molecule is C=C(C)C(=O)OOc1ccccc1CCCCCCCCC.OCCOCCOCCOCCO. The van der Waals surface area contributed by atoms with Gasteiger partial charge in [-0.05, 0) is 31.4 Å². The van der Waals surface area contributed by atoms with Gasteiger partial charge in [0.05, 0.1) is 52.9 Å². The van der Waals surface area contributed by atoms with Gasteiger partial charge in [0, 0.05) is 5.57 Å². The van der Waals surface area contributed by atoms with Crippen LogP contribution >= 0.6 is 0 Å². The lowest BCUT2D eigenvalue weighted by Crippen LogP contribution is -2.11.